The van der Waals surface area contributed by atoms with Crippen molar-refractivity contribution in [2.45, 2.75) is 25.7 Å². The van der Waals surface area contributed by atoms with Crippen LogP contribution >= 0.6 is 0 Å². The second kappa shape index (κ2) is 3.35. The Morgan fingerprint density at radius 2 is 2.00 bits per heavy atom. The largest absolute Gasteiger partial charge is 0.384 e. The van der Waals surface area contributed by atoms with Gasteiger partial charge in [-0.25, -0.2) is 0 Å². The highest BCUT2D eigenvalue weighted by molar-refractivity contribution is 4.84. The van der Waals surface area contributed by atoms with Crippen LogP contribution in [0, 0.1) is 5.41 Å². The lowest BCUT2D eigenvalue weighted by Crippen LogP contribution is -2.31. The second-order valence-electron chi connectivity index (χ2n) is 3.34. The van der Waals surface area contributed by atoms with Gasteiger partial charge in [0.25, 0.3) is 0 Å². The fourth-order valence-corrected chi connectivity index (χ4v) is 1.84. The molecule has 0 aromatic rings. The number of ether oxygens (including phenoxy) is 1. The Labute approximate surface area is 62.7 Å². The molecule has 0 bridgehead atoms. The Morgan fingerprint density at radius 1 is 1.40 bits per heavy atom. The fourth-order valence-electron chi connectivity index (χ4n) is 1.84. The molecule has 60 valence electrons. The summed E-state index contributed by atoms with van der Waals surface area (Å²) in [4.78, 5) is 0. The molecule has 0 saturated heterocycles. The molecule has 2 nitrogen and oxygen atoms in total. The zero-order chi connectivity index (χ0) is 7.45. The van der Waals surface area contributed by atoms with Crippen LogP contribution in [0.15, 0.2) is 0 Å². The molecule has 0 unspecified atom stereocenters. The molecular weight excluding hydrogens is 126 g/mol. The van der Waals surface area contributed by atoms with Crippen molar-refractivity contribution < 1.29 is 4.74 Å². The summed E-state index contributed by atoms with van der Waals surface area (Å²) in [6.45, 7) is 1.64. The van der Waals surface area contributed by atoms with E-state index in [9.17, 15) is 0 Å². The van der Waals surface area contributed by atoms with Gasteiger partial charge in [0, 0.05) is 19.1 Å². The van der Waals surface area contributed by atoms with Gasteiger partial charge in [0.2, 0.25) is 0 Å². The van der Waals surface area contributed by atoms with Crippen LogP contribution in [0.25, 0.3) is 0 Å². The van der Waals surface area contributed by atoms with Gasteiger partial charge in [0.1, 0.15) is 0 Å². The number of rotatable bonds is 3. The third kappa shape index (κ3) is 1.50. The second-order valence-corrected chi connectivity index (χ2v) is 3.34. The summed E-state index contributed by atoms with van der Waals surface area (Å²) in [5.41, 5.74) is 6.02. The molecule has 2 N–H and O–H groups in total. The maximum atomic E-state index is 5.67. The summed E-state index contributed by atoms with van der Waals surface area (Å²) >= 11 is 0. The Morgan fingerprint density at radius 3 is 2.40 bits per heavy atom. The van der Waals surface area contributed by atoms with E-state index < -0.39 is 0 Å². The van der Waals surface area contributed by atoms with E-state index in [2.05, 4.69) is 0 Å². The van der Waals surface area contributed by atoms with Crippen molar-refractivity contribution in [1.29, 1.82) is 0 Å². The minimum Gasteiger partial charge on any atom is -0.384 e. The molecule has 1 saturated carbocycles. The molecule has 0 radical (unpaired) electrons. The minimum absolute atomic E-state index is 0.342. The predicted molar refractivity (Wildman–Crippen MR) is 41.8 cm³/mol. The quantitative estimate of drug-likeness (QED) is 0.643. The highest BCUT2D eigenvalue weighted by Gasteiger charge is 2.31. The highest BCUT2D eigenvalue weighted by atomic mass is 16.5. The first-order chi connectivity index (χ1) is 4.83. The maximum absolute atomic E-state index is 5.67. The number of methoxy groups -OCH3 is 1. The van der Waals surface area contributed by atoms with Crippen molar-refractivity contribution in [3.8, 4) is 0 Å². The predicted octanol–water partition coefficient (Wildman–Crippen LogP) is 1.15. The van der Waals surface area contributed by atoms with E-state index in [-0.39, 0.29) is 0 Å². The van der Waals surface area contributed by atoms with E-state index in [1.165, 1.54) is 25.7 Å². The van der Waals surface area contributed by atoms with Crippen molar-refractivity contribution in [2.75, 3.05) is 20.3 Å². The molecule has 0 aromatic carbocycles. The lowest BCUT2D eigenvalue weighted by molar-refractivity contribution is 0.0894. The van der Waals surface area contributed by atoms with Crippen LogP contribution in [0.2, 0.25) is 0 Å². The summed E-state index contributed by atoms with van der Waals surface area (Å²) in [5, 5.41) is 0. The van der Waals surface area contributed by atoms with Crippen LogP contribution < -0.4 is 5.73 Å². The maximum Gasteiger partial charge on any atom is 0.0530 e. The van der Waals surface area contributed by atoms with Crippen LogP contribution in [0.3, 0.4) is 0 Å². The molecule has 0 heterocycles. The first-order valence-corrected chi connectivity index (χ1v) is 4.02. The zero-order valence-corrected chi connectivity index (χ0v) is 6.73. The molecule has 0 amide bonds. The molecule has 0 aromatic heterocycles. The Bertz CT molecular complexity index is 97.4. The average molecular weight is 143 g/mol. The van der Waals surface area contributed by atoms with Gasteiger partial charge in [-0.1, -0.05) is 12.8 Å². The topological polar surface area (TPSA) is 35.2 Å². The van der Waals surface area contributed by atoms with Crippen molar-refractivity contribution in [3.05, 3.63) is 0 Å². The molecule has 1 aliphatic carbocycles. The lowest BCUT2D eigenvalue weighted by atomic mass is 9.87. The Balaban J connectivity index is 2.41. The van der Waals surface area contributed by atoms with E-state index in [0.29, 0.717) is 5.41 Å². The van der Waals surface area contributed by atoms with E-state index in [1.54, 1.807) is 7.11 Å². The number of nitrogens with two attached hydrogens (primary N) is 1. The number of hydrogen-bond acceptors (Lipinski definition) is 2. The van der Waals surface area contributed by atoms with Crippen molar-refractivity contribution in [1.82, 2.24) is 0 Å². The average Bonchev–Trinajstić information content (AvgIpc) is 2.39. The molecule has 10 heavy (non-hydrogen) atoms. The monoisotopic (exact) mass is 143 g/mol. The summed E-state index contributed by atoms with van der Waals surface area (Å²) in [7, 11) is 1.76. The summed E-state index contributed by atoms with van der Waals surface area (Å²) in [6, 6.07) is 0. The van der Waals surface area contributed by atoms with E-state index >= 15 is 0 Å². The molecule has 1 fully saturated rings. The summed E-state index contributed by atoms with van der Waals surface area (Å²) in [6.07, 6.45) is 5.19. The van der Waals surface area contributed by atoms with Crippen LogP contribution in [-0.2, 0) is 4.74 Å². The smallest absolute Gasteiger partial charge is 0.0530 e. The highest BCUT2D eigenvalue weighted by Crippen LogP contribution is 2.36. The third-order valence-electron chi connectivity index (χ3n) is 2.55. The molecular formula is C8H17NO. The zero-order valence-electron chi connectivity index (χ0n) is 6.73. The first kappa shape index (κ1) is 8.02. The first-order valence-electron chi connectivity index (χ1n) is 4.02. The van der Waals surface area contributed by atoms with Gasteiger partial charge >= 0.3 is 0 Å². The van der Waals surface area contributed by atoms with Gasteiger partial charge in [0.15, 0.2) is 0 Å². The lowest BCUT2D eigenvalue weighted by Gasteiger charge is -2.25. The van der Waals surface area contributed by atoms with Crippen molar-refractivity contribution >= 4 is 0 Å². The van der Waals surface area contributed by atoms with E-state index in [0.717, 1.165) is 13.2 Å². The fraction of sp³-hybridized carbons (Fsp3) is 1.00. The number of hydrogen-bond donors (Lipinski definition) is 1. The van der Waals surface area contributed by atoms with Gasteiger partial charge < -0.3 is 10.5 Å². The van der Waals surface area contributed by atoms with Crippen molar-refractivity contribution in [2.24, 2.45) is 11.1 Å². The van der Waals surface area contributed by atoms with Crippen LogP contribution in [0.1, 0.15) is 25.7 Å². The standard InChI is InChI=1S/C8H17NO/c1-10-7-8(6-9)4-2-3-5-8/h2-7,9H2,1H3. The SMILES string of the molecule is COCC1(CN)CCCC1. The van der Waals surface area contributed by atoms with Crippen LogP contribution in [0.4, 0.5) is 0 Å². The molecule has 0 aliphatic heterocycles. The molecule has 0 spiro atoms. The van der Waals surface area contributed by atoms with Crippen LogP contribution in [-0.4, -0.2) is 20.3 Å². The molecule has 1 aliphatic rings. The minimum atomic E-state index is 0.342. The van der Waals surface area contributed by atoms with Gasteiger partial charge in [-0.2, -0.15) is 0 Å². The third-order valence-corrected chi connectivity index (χ3v) is 2.55. The van der Waals surface area contributed by atoms with E-state index in [1.807, 2.05) is 0 Å². The van der Waals surface area contributed by atoms with Gasteiger partial charge in [-0.05, 0) is 12.8 Å². The molecule has 0 atom stereocenters. The Kier molecular flexibility index (Phi) is 2.69. The van der Waals surface area contributed by atoms with Gasteiger partial charge in [-0.15, -0.1) is 0 Å². The van der Waals surface area contributed by atoms with Gasteiger partial charge in [0.05, 0.1) is 6.61 Å². The van der Waals surface area contributed by atoms with E-state index in [4.69, 9.17) is 10.5 Å². The Hall–Kier alpha value is -0.0800. The molecule has 2 heteroatoms. The van der Waals surface area contributed by atoms with Crippen molar-refractivity contribution in [3.63, 3.8) is 0 Å². The van der Waals surface area contributed by atoms with Gasteiger partial charge in [-0.3, -0.25) is 0 Å². The van der Waals surface area contributed by atoms with Crippen LogP contribution in [0.5, 0.6) is 0 Å². The normalized spacial score (nSPS) is 23.4. The molecule has 1 rings (SSSR count). The summed E-state index contributed by atoms with van der Waals surface area (Å²) < 4.78 is 5.14. The summed E-state index contributed by atoms with van der Waals surface area (Å²) in [5.74, 6) is 0.